The Morgan fingerprint density at radius 3 is 2.50 bits per heavy atom. The number of piperazine rings is 1. The summed E-state index contributed by atoms with van der Waals surface area (Å²) in [6.07, 6.45) is 3.44. The van der Waals surface area contributed by atoms with E-state index in [0.29, 0.717) is 6.04 Å². The highest BCUT2D eigenvalue weighted by Crippen LogP contribution is 2.17. The molecule has 0 radical (unpaired) electrons. The second-order valence-corrected chi connectivity index (χ2v) is 6.46. The predicted molar refractivity (Wildman–Crippen MR) is 98.2 cm³/mol. The third-order valence-corrected chi connectivity index (χ3v) is 4.96. The zero-order chi connectivity index (χ0) is 16.8. The molecule has 3 rings (SSSR count). The normalized spacial score (nSPS) is 17.2. The van der Waals surface area contributed by atoms with Crippen molar-refractivity contribution in [2.24, 2.45) is 0 Å². The monoisotopic (exact) mass is 325 g/mol. The van der Waals surface area contributed by atoms with Crippen molar-refractivity contribution in [2.75, 3.05) is 51.2 Å². The average molecular weight is 325 g/mol. The Balaban J connectivity index is 1.43. The molecule has 0 saturated carbocycles. The Kier molecular flexibility index (Phi) is 5.77. The van der Waals surface area contributed by atoms with Crippen molar-refractivity contribution in [1.29, 1.82) is 0 Å². The Morgan fingerprint density at radius 2 is 1.83 bits per heavy atom. The van der Waals surface area contributed by atoms with Gasteiger partial charge in [0.25, 0.3) is 0 Å². The van der Waals surface area contributed by atoms with E-state index in [1.807, 2.05) is 12.3 Å². The maximum Gasteiger partial charge on any atom is 0.115 e. The number of anilines is 1. The van der Waals surface area contributed by atoms with Gasteiger partial charge in [0.15, 0.2) is 0 Å². The van der Waals surface area contributed by atoms with Crippen LogP contribution in [0, 0.1) is 0 Å². The molecule has 1 aliphatic heterocycles. The van der Waals surface area contributed by atoms with Gasteiger partial charge in [0.1, 0.15) is 6.33 Å². The molecule has 0 N–H and O–H groups in total. The van der Waals surface area contributed by atoms with Crippen molar-refractivity contribution in [2.45, 2.75) is 13.0 Å². The van der Waals surface area contributed by atoms with Crippen molar-refractivity contribution in [3.63, 3.8) is 0 Å². The van der Waals surface area contributed by atoms with Gasteiger partial charge < -0.3 is 4.90 Å². The van der Waals surface area contributed by atoms with Crippen LogP contribution in [0.15, 0.2) is 48.9 Å². The summed E-state index contributed by atoms with van der Waals surface area (Å²) in [6, 6.07) is 13.0. The van der Waals surface area contributed by atoms with Crippen molar-refractivity contribution < 1.29 is 0 Å². The van der Waals surface area contributed by atoms with Gasteiger partial charge in [0, 0.05) is 57.2 Å². The van der Waals surface area contributed by atoms with Gasteiger partial charge >= 0.3 is 0 Å². The quantitative estimate of drug-likeness (QED) is 0.814. The van der Waals surface area contributed by atoms with E-state index in [-0.39, 0.29) is 0 Å². The number of hydrogen-bond acceptors (Lipinski definition) is 5. The minimum absolute atomic E-state index is 0.318. The fraction of sp³-hybridized carbons (Fsp3) is 0.474. The average Bonchev–Trinajstić information content (AvgIpc) is 2.67. The molecule has 1 unspecified atom stereocenters. The number of aromatic nitrogens is 2. The topological polar surface area (TPSA) is 35.5 Å². The fourth-order valence-corrected chi connectivity index (χ4v) is 3.14. The van der Waals surface area contributed by atoms with Crippen LogP contribution in [0.4, 0.5) is 5.69 Å². The minimum Gasteiger partial charge on any atom is -0.369 e. The Bertz CT molecular complexity index is 596. The number of para-hydroxylation sites is 1. The molecular weight excluding hydrogens is 298 g/mol. The van der Waals surface area contributed by atoms with Gasteiger partial charge in [-0.15, -0.1) is 0 Å². The van der Waals surface area contributed by atoms with Crippen molar-refractivity contribution in [1.82, 2.24) is 19.8 Å². The maximum atomic E-state index is 4.36. The van der Waals surface area contributed by atoms with Crippen LogP contribution in [0.25, 0.3) is 0 Å². The van der Waals surface area contributed by atoms with Crippen LogP contribution in [-0.4, -0.2) is 66.1 Å². The molecule has 0 bridgehead atoms. The van der Waals surface area contributed by atoms with Crippen LogP contribution in [0.3, 0.4) is 0 Å². The zero-order valence-corrected chi connectivity index (χ0v) is 14.7. The fourth-order valence-electron chi connectivity index (χ4n) is 3.14. The van der Waals surface area contributed by atoms with Gasteiger partial charge in [-0.1, -0.05) is 18.2 Å². The summed E-state index contributed by atoms with van der Waals surface area (Å²) in [7, 11) is 2.17. The lowest BCUT2D eigenvalue weighted by molar-refractivity contribution is 0.188. The first-order chi connectivity index (χ1) is 11.7. The van der Waals surface area contributed by atoms with Gasteiger partial charge in [0.05, 0.1) is 5.69 Å². The predicted octanol–water partition coefficient (Wildman–Crippen LogP) is 2.29. The first-order valence-corrected chi connectivity index (χ1v) is 8.72. The lowest BCUT2D eigenvalue weighted by atomic mass is 10.2. The van der Waals surface area contributed by atoms with Crippen LogP contribution in [-0.2, 0) is 0 Å². The molecule has 1 atom stereocenters. The van der Waals surface area contributed by atoms with Gasteiger partial charge in [0.2, 0.25) is 0 Å². The molecule has 5 heteroatoms. The third kappa shape index (κ3) is 4.30. The van der Waals surface area contributed by atoms with Gasteiger partial charge in [-0.05, 0) is 32.2 Å². The van der Waals surface area contributed by atoms with E-state index < -0.39 is 0 Å². The van der Waals surface area contributed by atoms with Crippen molar-refractivity contribution in [3.8, 4) is 0 Å². The zero-order valence-electron chi connectivity index (χ0n) is 14.7. The molecule has 2 aromatic rings. The Labute approximate surface area is 144 Å². The molecule has 1 aliphatic rings. The van der Waals surface area contributed by atoms with Crippen LogP contribution < -0.4 is 4.90 Å². The van der Waals surface area contributed by atoms with E-state index in [0.717, 1.165) is 45.0 Å². The highest BCUT2D eigenvalue weighted by atomic mass is 15.3. The lowest BCUT2D eigenvalue weighted by Crippen LogP contribution is -2.48. The first-order valence-electron chi connectivity index (χ1n) is 8.72. The highest BCUT2D eigenvalue weighted by Gasteiger charge is 2.18. The number of nitrogens with zero attached hydrogens (tertiary/aromatic N) is 5. The molecule has 1 aromatic heterocycles. The van der Waals surface area contributed by atoms with E-state index in [4.69, 9.17) is 0 Å². The van der Waals surface area contributed by atoms with Crippen molar-refractivity contribution in [3.05, 3.63) is 54.6 Å². The smallest absolute Gasteiger partial charge is 0.115 e. The standard InChI is InChI=1S/C19H27N5/c1-17(19-8-9-20-16-21-19)22(2)10-11-23-12-14-24(15-13-23)18-6-4-3-5-7-18/h3-9,16-17H,10-15H2,1-2H3. The minimum atomic E-state index is 0.318. The Morgan fingerprint density at radius 1 is 1.08 bits per heavy atom. The summed E-state index contributed by atoms with van der Waals surface area (Å²) in [5.74, 6) is 0. The number of benzene rings is 1. The molecular formula is C19H27N5. The summed E-state index contributed by atoms with van der Waals surface area (Å²) >= 11 is 0. The van der Waals surface area contributed by atoms with E-state index in [2.05, 4.69) is 69.0 Å². The molecule has 2 heterocycles. The van der Waals surface area contributed by atoms with Crippen LogP contribution >= 0.6 is 0 Å². The lowest BCUT2D eigenvalue weighted by Gasteiger charge is -2.37. The van der Waals surface area contributed by atoms with Gasteiger partial charge in [-0.3, -0.25) is 9.80 Å². The number of likely N-dealkylation sites (N-methyl/N-ethyl adjacent to an activating group) is 1. The Hall–Kier alpha value is -1.98. The van der Waals surface area contributed by atoms with E-state index in [1.165, 1.54) is 5.69 Å². The molecule has 0 aliphatic carbocycles. The third-order valence-electron chi connectivity index (χ3n) is 4.96. The van der Waals surface area contributed by atoms with Crippen LogP contribution in [0.5, 0.6) is 0 Å². The highest BCUT2D eigenvalue weighted by molar-refractivity contribution is 5.46. The first kappa shape index (κ1) is 16.9. The second kappa shape index (κ2) is 8.22. The SMILES string of the molecule is CC(c1ccncn1)N(C)CCN1CCN(c2ccccc2)CC1. The summed E-state index contributed by atoms with van der Waals surface area (Å²) in [6.45, 7) is 8.83. The summed E-state index contributed by atoms with van der Waals surface area (Å²) in [4.78, 5) is 15.8. The van der Waals surface area contributed by atoms with E-state index in [1.54, 1.807) is 6.33 Å². The van der Waals surface area contributed by atoms with Gasteiger partial charge in [-0.25, -0.2) is 9.97 Å². The summed E-state index contributed by atoms with van der Waals surface area (Å²) < 4.78 is 0. The molecule has 0 amide bonds. The molecule has 1 fully saturated rings. The summed E-state index contributed by atoms with van der Waals surface area (Å²) in [5, 5.41) is 0. The molecule has 24 heavy (non-hydrogen) atoms. The van der Waals surface area contributed by atoms with E-state index in [9.17, 15) is 0 Å². The molecule has 1 saturated heterocycles. The summed E-state index contributed by atoms with van der Waals surface area (Å²) in [5.41, 5.74) is 2.42. The molecule has 128 valence electrons. The number of hydrogen-bond donors (Lipinski definition) is 0. The molecule has 1 aromatic carbocycles. The number of rotatable bonds is 6. The van der Waals surface area contributed by atoms with Crippen LogP contribution in [0.1, 0.15) is 18.7 Å². The van der Waals surface area contributed by atoms with Gasteiger partial charge in [-0.2, -0.15) is 0 Å². The largest absolute Gasteiger partial charge is 0.369 e. The van der Waals surface area contributed by atoms with E-state index >= 15 is 0 Å². The maximum absolute atomic E-state index is 4.36. The molecule has 0 spiro atoms. The van der Waals surface area contributed by atoms with Crippen molar-refractivity contribution >= 4 is 5.69 Å². The van der Waals surface area contributed by atoms with Crippen LogP contribution in [0.2, 0.25) is 0 Å². The second-order valence-electron chi connectivity index (χ2n) is 6.46. The molecule has 5 nitrogen and oxygen atoms in total.